The Kier molecular flexibility index (Phi) is 5.99. The van der Waals surface area contributed by atoms with Crippen LogP contribution in [0.15, 0.2) is 76.9 Å². The van der Waals surface area contributed by atoms with Gasteiger partial charge in [-0.1, -0.05) is 24.3 Å². The maximum atomic E-state index is 13.0. The van der Waals surface area contributed by atoms with Crippen molar-refractivity contribution in [2.24, 2.45) is 0 Å². The van der Waals surface area contributed by atoms with Crippen LogP contribution in [0.1, 0.15) is 40.2 Å². The van der Waals surface area contributed by atoms with Gasteiger partial charge in [-0.3, -0.25) is 9.59 Å². The van der Waals surface area contributed by atoms with Crippen LogP contribution in [0.5, 0.6) is 5.75 Å². The third kappa shape index (κ3) is 4.23. The van der Waals surface area contributed by atoms with E-state index in [4.69, 9.17) is 14.3 Å². The highest BCUT2D eigenvalue weighted by Crippen LogP contribution is 2.40. The van der Waals surface area contributed by atoms with Crippen molar-refractivity contribution in [3.8, 4) is 5.75 Å². The Hall–Kier alpha value is -4.33. The van der Waals surface area contributed by atoms with E-state index in [1.54, 1.807) is 48.5 Å². The lowest BCUT2D eigenvalue weighted by atomic mass is 9.99. The monoisotopic (exact) mass is 447 g/mol. The number of ether oxygens (including phenoxy) is 1. The van der Waals surface area contributed by atoms with Crippen molar-refractivity contribution in [1.82, 2.24) is 4.90 Å². The van der Waals surface area contributed by atoms with Crippen molar-refractivity contribution < 1.29 is 33.8 Å². The van der Waals surface area contributed by atoms with Gasteiger partial charge in [-0.25, -0.2) is 4.79 Å². The molecule has 1 saturated heterocycles. The van der Waals surface area contributed by atoms with Crippen LogP contribution in [0.3, 0.4) is 0 Å². The van der Waals surface area contributed by atoms with Crippen molar-refractivity contribution in [2.75, 3.05) is 6.61 Å². The predicted octanol–water partition coefficient (Wildman–Crippen LogP) is 4.00. The Morgan fingerprint density at radius 2 is 1.79 bits per heavy atom. The zero-order valence-electron chi connectivity index (χ0n) is 17.7. The molecule has 1 unspecified atom stereocenters. The average Bonchev–Trinajstić information content (AvgIpc) is 3.42. The largest absolute Gasteiger partial charge is 0.507 e. The molecule has 8 nitrogen and oxygen atoms in total. The number of amides is 1. The summed E-state index contributed by atoms with van der Waals surface area (Å²) in [6, 6.07) is 14.9. The van der Waals surface area contributed by atoms with Crippen molar-refractivity contribution in [3.63, 3.8) is 0 Å². The molecule has 168 valence electrons. The number of aliphatic hydroxyl groups is 1. The quantitative estimate of drug-likeness (QED) is 0.319. The zero-order valence-corrected chi connectivity index (χ0v) is 17.7. The molecular weight excluding hydrogens is 426 g/mol. The van der Waals surface area contributed by atoms with Gasteiger partial charge in [0.15, 0.2) is 0 Å². The molecule has 0 radical (unpaired) electrons. The maximum Gasteiger partial charge on any atom is 0.335 e. The molecule has 1 atom stereocenters. The van der Waals surface area contributed by atoms with Crippen LogP contribution >= 0.6 is 0 Å². The Morgan fingerprint density at radius 1 is 1.03 bits per heavy atom. The number of furan rings is 1. The Bertz CT molecular complexity index is 1230. The number of ketones is 1. The molecule has 4 rings (SSSR count). The third-order valence-corrected chi connectivity index (χ3v) is 5.32. The summed E-state index contributed by atoms with van der Waals surface area (Å²) >= 11 is 0. The van der Waals surface area contributed by atoms with E-state index in [1.807, 2.05) is 6.92 Å². The number of likely N-dealkylation sites (tertiary alicyclic amines) is 1. The van der Waals surface area contributed by atoms with Gasteiger partial charge in [-0.2, -0.15) is 0 Å². The van der Waals surface area contributed by atoms with Crippen LogP contribution < -0.4 is 4.74 Å². The summed E-state index contributed by atoms with van der Waals surface area (Å²) in [4.78, 5) is 38.4. The molecule has 1 fully saturated rings. The molecule has 2 heterocycles. The lowest BCUT2D eigenvalue weighted by molar-refractivity contribution is -0.140. The molecule has 1 aromatic heterocycles. The molecule has 3 aromatic rings. The van der Waals surface area contributed by atoms with Gasteiger partial charge in [0.05, 0.1) is 24.0 Å². The minimum absolute atomic E-state index is 0.0194. The molecule has 0 saturated carbocycles. The molecule has 1 aliphatic heterocycles. The Morgan fingerprint density at radius 3 is 2.42 bits per heavy atom. The maximum absolute atomic E-state index is 13.0. The third-order valence-electron chi connectivity index (χ3n) is 5.32. The molecule has 1 aliphatic rings. The van der Waals surface area contributed by atoms with E-state index in [-0.39, 0.29) is 23.4 Å². The van der Waals surface area contributed by atoms with Crippen LogP contribution in [0.2, 0.25) is 0 Å². The highest BCUT2D eigenvalue weighted by molar-refractivity contribution is 6.46. The molecule has 0 bridgehead atoms. The van der Waals surface area contributed by atoms with Crippen LogP contribution in [-0.2, 0) is 16.1 Å². The number of carboxylic acids is 1. The minimum atomic E-state index is -1.06. The zero-order chi connectivity index (χ0) is 23.5. The van der Waals surface area contributed by atoms with Crippen molar-refractivity contribution >= 4 is 23.4 Å². The number of rotatable bonds is 7. The number of nitrogens with zero attached hydrogens (tertiary/aromatic N) is 1. The van der Waals surface area contributed by atoms with Gasteiger partial charge in [0, 0.05) is 12.1 Å². The summed E-state index contributed by atoms with van der Waals surface area (Å²) in [5.74, 6) is -2.19. The number of benzene rings is 2. The Labute approximate surface area is 189 Å². The second kappa shape index (κ2) is 9.04. The summed E-state index contributed by atoms with van der Waals surface area (Å²) in [7, 11) is 0. The number of aromatic carboxylic acids is 1. The fourth-order valence-electron chi connectivity index (χ4n) is 3.79. The first-order chi connectivity index (χ1) is 15.9. The first-order valence-corrected chi connectivity index (χ1v) is 10.3. The van der Waals surface area contributed by atoms with E-state index in [0.29, 0.717) is 29.2 Å². The minimum Gasteiger partial charge on any atom is -0.507 e. The average molecular weight is 447 g/mol. The smallest absolute Gasteiger partial charge is 0.335 e. The second-order valence-electron chi connectivity index (χ2n) is 7.41. The standard InChI is InChI=1S/C25H21NO7/c1-2-32-18-6-3-5-17(13-18)22(27)20-21(19-7-4-12-33-19)26(24(29)23(20)28)14-15-8-10-16(11-9-15)25(30)31/h3-13,21,27H,2,14H2,1H3,(H,30,31)/b22-20-. The lowest BCUT2D eigenvalue weighted by Crippen LogP contribution is -2.29. The highest BCUT2D eigenvalue weighted by Gasteiger charge is 2.47. The van der Waals surface area contributed by atoms with Gasteiger partial charge in [-0.05, 0) is 48.9 Å². The van der Waals surface area contributed by atoms with E-state index in [2.05, 4.69) is 0 Å². The summed E-state index contributed by atoms with van der Waals surface area (Å²) in [6.45, 7) is 2.28. The summed E-state index contributed by atoms with van der Waals surface area (Å²) in [5.41, 5.74) is 0.974. The molecule has 0 spiro atoms. The van der Waals surface area contributed by atoms with Crippen molar-refractivity contribution in [3.05, 3.63) is 95.0 Å². The summed E-state index contributed by atoms with van der Waals surface area (Å²) in [5, 5.41) is 20.2. The van der Waals surface area contributed by atoms with E-state index in [1.165, 1.54) is 23.3 Å². The summed E-state index contributed by atoms with van der Waals surface area (Å²) in [6.07, 6.45) is 1.42. The van der Waals surface area contributed by atoms with Crippen LogP contribution in [0.25, 0.3) is 5.76 Å². The van der Waals surface area contributed by atoms with Crippen LogP contribution in [-0.4, -0.2) is 39.4 Å². The summed E-state index contributed by atoms with van der Waals surface area (Å²) < 4.78 is 11.0. The lowest BCUT2D eigenvalue weighted by Gasteiger charge is -2.23. The number of aliphatic hydroxyl groups excluding tert-OH is 1. The van der Waals surface area contributed by atoms with Gasteiger partial charge >= 0.3 is 5.97 Å². The predicted molar refractivity (Wildman–Crippen MR) is 118 cm³/mol. The molecule has 2 aromatic carbocycles. The molecule has 0 aliphatic carbocycles. The first kappa shape index (κ1) is 21.9. The molecular formula is C25H21NO7. The van der Waals surface area contributed by atoms with Crippen molar-refractivity contribution in [2.45, 2.75) is 19.5 Å². The SMILES string of the molecule is CCOc1cccc(/C(O)=C2/C(=O)C(=O)N(Cc3ccc(C(=O)O)cc3)C2c2ccco2)c1. The number of hydrogen-bond donors (Lipinski definition) is 2. The molecule has 2 N–H and O–H groups in total. The first-order valence-electron chi connectivity index (χ1n) is 10.3. The van der Waals surface area contributed by atoms with E-state index in [9.17, 15) is 19.5 Å². The number of carboxylic acid groups (broad SMARTS) is 1. The number of carbonyl (C=O) groups excluding carboxylic acids is 2. The fourth-order valence-corrected chi connectivity index (χ4v) is 3.79. The second-order valence-corrected chi connectivity index (χ2v) is 7.41. The van der Waals surface area contributed by atoms with Crippen LogP contribution in [0.4, 0.5) is 0 Å². The van der Waals surface area contributed by atoms with Gasteiger partial charge in [0.2, 0.25) is 0 Å². The fraction of sp³-hybridized carbons (Fsp3) is 0.160. The normalized spacial score (nSPS) is 17.4. The number of Topliss-reactive ketones (excluding diaryl/α,β-unsaturated/α-hetero) is 1. The van der Waals surface area contributed by atoms with Gasteiger partial charge < -0.3 is 24.3 Å². The van der Waals surface area contributed by atoms with Gasteiger partial charge in [0.1, 0.15) is 23.3 Å². The number of hydrogen-bond acceptors (Lipinski definition) is 6. The Balaban J connectivity index is 1.77. The van der Waals surface area contributed by atoms with Crippen LogP contribution in [0, 0.1) is 0 Å². The topological polar surface area (TPSA) is 117 Å². The van der Waals surface area contributed by atoms with E-state index >= 15 is 0 Å². The van der Waals surface area contributed by atoms with E-state index in [0.717, 1.165) is 0 Å². The molecule has 33 heavy (non-hydrogen) atoms. The number of carbonyl (C=O) groups is 3. The van der Waals surface area contributed by atoms with Crippen molar-refractivity contribution in [1.29, 1.82) is 0 Å². The molecule has 1 amide bonds. The van der Waals surface area contributed by atoms with Gasteiger partial charge in [-0.15, -0.1) is 0 Å². The van der Waals surface area contributed by atoms with Gasteiger partial charge in [0.25, 0.3) is 11.7 Å². The molecule has 8 heteroatoms. The highest BCUT2D eigenvalue weighted by atomic mass is 16.5. The van der Waals surface area contributed by atoms with E-state index < -0.39 is 23.7 Å².